The number of aromatic hydroxyl groups is 2. The van der Waals surface area contributed by atoms with E-state index in [0.29, 0.717) is 11.1 Å². The van der Waals surface area contributed by atoms with E-state index in [9.17, 15) is 0 Å². The zero-order chi connectivity index (χ0) is 15.0. The topological polar surface area (TPSA) is 123 Å². The Kier molecular flexibility index (Phi) is 5.41. The first-order chi connectivity index (χ1) is 9.56. The molecular formula is C14H13N3O3. The van der Waals surface area contributed by atoms with Gasteiger partial charge in [0.05, 0.1) is 11.6 Å². The normalized spacial score (nSPS) is 10.1. The average Bonchev–Trinajstić information content (AvgIpc) is 2.49. The maximum atomic E-state index is 8.87. The van der Waals surface area contributed by atoms with Gasteiger partial charge < -0.3 is 21.2 Å². The second kappa shape index (κ2) is 7.28. The van der Waals surface area contributed by atoms with Crippen molar-refractivity contribution in [2.45, 2.75) is 0 Å². The lowest BCUT2D eigenvalue weighted by molar-refractivity contribution is 0.318. The first-order valence-electron chi connectivity index (χ1n) is 5.53. The van der Waals surface area contributed by atoms with Gasteiger partial charge in [0, 0.05) is 5.56 Å². The van der Waals surface area contributed by atoms with Gasteiger partial charge in [-0.2, -0.15) is 5.26 Å². The van der Waals surface area contributed by atoms with Crippen LogP contribution in [0.4, 0.5) is 0 Å². The van der Waals surface area contributed by atoms with E-state index < -0.39 is 0 Å². The summed E-state index contributed by atoms with van der Waals surface area (Å²) in [5.41, 5.74) is 6.40. The average molecular weight is 271 g/mol. The number of oxime groups is 1. The number of hydrogen-bond acceptors (Lipinski definition) is 5. The van der Waals surface area contributed by atoms with Crippen molar-refractivity contribution in [3.05, 3.63) is 59.7 Å². The molecule has 102 valence electrons. The number of phenolic OH excluding ortho intramolecular Hbond substituents is 2. The minimum Gasteiger partial charge on any atom is -0.508 e. The third-order valence-electron chi connectivity index (χ3n) is 2.27. The Labute approximate surface area is 115 Å². The molecule has 0 aliphatic carbocycles. The van der Waals surface area contributed by atoms with Crippen LogP contribution in [0, 0.1) is 11.3 Å². The summed E-state index contributed by atoms with van der Waals surface area (Å²) in [5, 5.41) is 37.0. The van der Waals surface area contributed by atoms with Gasteiger partial charge >= 0.3 is 0 Å². The molecule has 0 saturated carbocycles. The Balaban J connectivity index is 0.000000204. The van der Waals surface area contributed by atoms with Gasteiger partial charge in [-0.3, -0.25) is 0 Å². The number of nitrogens with zero attached hydrogens (tertiary/aromatic N) is 2. The van der Waals surface area contributed by atoms with Crippen molar-refractivity contribution < 1.29 is 15.4 Å². The Bertz CT molecular complexity index is 614. The predicted octanol–water partition coefficient (Wildman–Crippen LogP) is 1.75. The maximum Gasteiger partial charge on any atom is 0.170 e. The number of rotatable bonds is 1. The minimum atomic E-state index is 0.0324. The van der Waals surface area contributed by atoms with E-state index >= 15 is 0 Å². The Morgan fingerprint density at radius 2 is 1.40 bits per heavy atom. The summed E-state index contributed by atoms with van der Waals surface area (Å²) >= 11 is 0. The lowest BCUT2D eigenvalue weighted by Gasteiger charge is -1.96. The first kappa shape index (κ1) is 14.9. The molecular weight excluding hydrogens is 258 g/mol. The third-order valence-corrected chi connectivity index (χ3v) is 2.27. The molecule has 0 spiro atoms. The van der Waals surface area contributed by atoms with Crippen LogP contribution in [0.25, 0.3) is 0 Å². The Morgan fingerprint density at radius 1 is 0.950 bits per heavy atom. The number of amidine groups is 1. The lowest BCUT2D eigenvalue weighted by Crippen LogP contribution is -2.12. The molecule has 2 rings (SSSR count). The van der Waals surface area contributed by atoms with Gasteiger partial charge in [0.2, 0.25) is 0 Å². The molecule has 20 heavy (non-hydrogen) atoms. The van der Waals surface area contributed by atoms with Gasteiger partial charge in [-0.1, -0.05) is 5.16 Å². The molecule has 0 unspecified atom stereocenters. The molecule has 0 radical (unpaired) electrons. The fourth-order valence-corrected chi connectivity index (χ4v) is 1.23. The molecule has 0 aliphatic heterocycles. The fraction of sp³-hybridized carbons (Fsp3) is 0. The van der Waals surface area contributed by atoms with Gasteiger partial charge in [0.15, 0.2) is 5.84 Å². The quantitative estimate of drug-likeness (QED) is 0.272. The Morgan fingerprint density at radius 3 is 1.80 bits per heavy atom. The number of benzene rings is 2. The van der Waals surface area contributed by atoms with Crippen molar-refractivity contribution >= 4 is 5.84 Å². The molecule has 0 aliphatic rings. The van der Waals surface area contributed by atoms with Crippen molar-refractivity contribution in [2.24, 2.45) is 10.9 Å². The van der Waals surface area contributed by atoms with Crippen molar-refractivity contribution in [1.82, 2.24) is 0 Å². The number of hydrogen-bond donors (Lipinski definition) is 4. The van der Waals surface area contributed by atoms with Crippen molar-refractivity contribution in [2.75, 3.05) is 0 Å². The molecule has 5 N–H and O–H groups in total. The molecule has 2 aromatic rings. The van der Waals surface area contributed by atoms with Crippen LogP contribution in [-0.2, 0) is 0 Å². The smallest absolute Gasteiger partial charge is 0.170 e. The van der Waals surface area contributed by atoms with Gasteiger partial charge in [-0.05, 0) is 48.5 Å². The van der Waals surface area contributed by atoms with Crippen LogP contribution in [0.2, 0.25) is 0 Å². The van der Waals surface area contributed by atoms with Crippen molar-refractivity contribution in [3.8, 4) is 17.6 Å². The standard InChI is InChI=1S/C7H8N2O2.C7H5NO/c8-7(9-11)5-1-3-6(10)4-2-5;8-5-6-1-3-7(9)4-2-6/h1-4,10-11H,(H2,8,9);1-4,9H. The lowest BCUT2D eigenvalue weighted by atomic mass is 10.2. The SMILES string of the molecule is N#Cc1ccc(O)cc1.NC(=NO)c1ccc(O)cc1. The van der Waals surface area contributed by atoms with Crippen LogP contribution in [0.5, 0.6) is 11.5 Å². The van der Waals surface area contributed by atoms with Crippen LogP contribution in [0.1, 0.15) is 11.1 Å². The molecule has 6 nitrogen and oxygen atoms in total. The molecule has 0 amide bonds. The number of nitrogens with two attached hydrogens (primary N) is 1. The van der Waals surface area contributed by atoms with Gasteiger partial charge in [-0.25, -0.2) is 0 Å². The predicted molar refractivity (Wildman–Crippen MR) is 73.4 cm³/mol. The van der Waals surface area contributed by atoms with E-state index in [4.69, 9.17) is 26.4 Å². The molecule has 6 heteroatoms. The van der Waals surface area contributed by atoms with E-state index in [2.05, 4.69) is 5.16 Å². The molecule has 0 heterocycles. The van der Waals surface area contributed by atoms with Crippen LogP contribution in [-0.4, -0.2) is 21.3 Å². The highest BCUT2D eigenvalue weighted by molar-refractivity contribution is 5.97. The van der Waals surface area contributed by atoms with Crippen LogP contribution < -0.4 is 5.73 Å². The summed E-state index contributed by atoms with van der Waals surface area (Å²) in [6.45, 7) is 0. The maximum absolute atomic E-state index is 8.87. The van der Waals surface area contributed by atoms with Crippen LogP contribution in [0.3, 0.4) is 0 Å². The highest BCUT2D eigenvalue weighted by Crippen LogP contribution is 2.09. The van der Waals surface area contributed by atoms with Crippen molar-refractivity contribution in [3.63, 3.8) is 0 Å². The minimum absolute atomic E-state index is 0.0324. The van der Waals surface area contributed by atoms with Crippen LogP contribution in [0.15, 0.2) is 53.7 Å². The van der Waals surface area contributed by atoms with E-state index in [-0.39, 0.29) is 17.3 Å². The third kappa shape index (κ3) is 4.58. The number of nitriles is 1. The fourth-order valence-electron chi connectivity index (χ4n) is 1.23. The van der Waals surface area contributed by atoms with E-state index in [1.54, 1.807) is 24.3 Å². The summed E-state index contributed by atoms with van der Waals surface area (Å²) in [5.74, 6) is 0.374. The summed E-state index contributed by atoms with van der Waals surface area (Å²) in [4.78, 5) is 0. The second-order valence-electron chi connectivity index (χ2n) is 3.69. The van der Waals surface area contributed by atoms with E-state index in [1.807, 2.05) is 6.07 Å². The molecule has 0 saturated heterocycles. The highest BCUT2D eigenvalue weighted by Gasteiger charge is 1.96. The zero-order valence-corrected chi connectivity index (χ0v) is 10.4. The summed E-state index contributed by atoms with van der Waals surface area (Å²) in [7, 11) is 0. The summed E-state index contributed by atoms with van der Waals surface area (Å²) < 4.78 is 0. The molecule has 0 fully saturated rings. The van der Waals surface area contributed by atoms with Crippen LogP contribution >= 0.6 is 0 Å². The Hall–Kier alpha value is -3.20. The summed E-state index contributed by atoms with van der Waals surface area (Å²) in [6, 6.07) is 14.1. The van der Waals surface area contributed by atoms with Gasteiger partial charge in [0.25, 0.3) is 0 Å². The largest absolute Gasteiger partial charge is 0.508 e. The molecule has 2 aromatic carbocycles. The second-order valence-corrected chi connectivity index (χ2v) is 3.69. The van der Waals surface area contributed by atoms with E-state index in [1.165, 1.54) is 24.3 Å². The zero-order valence-electron chi connectivity index (χ0n) is 10.4. The van der Waals surface area contributed by atoms with Crippen molar-refractivity contribution in [1.29, 1.82) is 5.26 Å². The molecule has 0 aromatic heterocycles. The highest BCUT2D eigenvalue weighted by atomic mass is 16.4. The molecule has 0 atom stereocenters. The van der Waals surface area contributed by atoms with Gasteiger partial charge in [0.1, 0.15) is 11.5 Å². The van der Waals surface area contributed by atoms with E-state index in [0.717, 1.165) is 0 Å². The van der Waals surface area contributed by atoms with Gasteiger partial charge in [-0.15, -0.1) is 0 Å². The number of phenols is 2. The monoisotopic (exact) mass is 271 g/mol. The summed E-state index contributed by atoms with van der Waals surface area (Å²) in [6.07, 6.45) is 0. The first-order valence-corrected chi connectivity index (χ1v) is 5.53. The molecule has 0 bridgehead atoms.